The third-order valence-corrected chi connectivity index (χ3v) is 1.47. The van der Waals surface area contributed by atoms with Gasteiger partial charge in [-0.05, 0) is 6.42 Å². The van der Waals surface area contributed by atoms with Gasteiger partial charge < -0.3 is 0 Å². The van der Waals surface area contributed by atoms with E-state index in [-0.39, 0.29) is 5.91 Å². The molecule has 4 nitrogen and oxygen atoms in total. The normalized spacial score (nSPS) is 17.2. The molecule has 9 heavy (non-hydrogen) atoms. The molecular formula is C4H11N3OS. The highest BCUT2D eigenvalue weighted by Gasteiger charge is 2.15. The van der Waals surface area contributed by atoms with Crippen molar-refractivity contribution in [2.75, 3.05) is 6.54 Å². The van der Waals surface area contributed by atoms with Crippen LogP contribution in [0.4, 0.5) is 0 Å². The molecule has 0 aromatic carbocycles. The van der Waals surface area contributed by atoms with E-state index in [9.17, 15) is 4.79 Å². The van der Waals surface area contributed by atoms with Gasteiger partial charge in [0.15, 0.2) is 0 Å². The number of nitrogens with two attached hydrogens (primary N) is 2. The molecule has 1 aliphatic heterocycles. The van der Waals surface area contributed by atoms with Gasteiger partial charge in [0.25, 0.3) is 0 Å². The molecule has 4 N–H and O–H groups in total. The Balaban J connectivity index is 0.000000291. The molecule has 1 heterocycles. The minimum atomic E-state index is 0.156. The lowest BCUT2D eigenvalue weighted by atomic mass is 10.4. The van der Waals surface area contributed by atoms with E-state index in [0.29, 0.717) is 6.42 Å². The Morgan fingerprint density at radius 3 is 2.22 bits per heavy atom. The standard InChI is InChI=1S/C4H7NOS.H4N2/c6-4-2-1-3-5(4)7;1-2/h7H,1-3H2;1-2H2. The average molecular weight is 149 g/mol. The Labute approximate surface area is 59.7 Å². The van der Waals surface area contributed by atoms with Crippen LogP contribution in [0.25, 0.3) is 0 Å². The summed E-state index contributed by atoms with van der Waals surface area (Å²) in [6.07, 6.45) is 1.66. The number of nitrogens with zero attached hydrogens (tertiary/aromatic N) is 1. The van der Waals surface area contributed by atoms with Gasteiger partial charge in [-0.25, -0.2) is 0 Å². The topological polar surface area (TPSA) is 72.3 Å². The second-order valence-electron chi connectivity index (χ2n) is 1.62. The summed E-state index contributed by atoms with van der Waals surface area (Å²) in [7, 11) is 0. The number of carbonyl (C=O) groups is 1. The SMILES string of the molecule is NN.O=C1CCCN1S. The number of hydrogen-bond donors (Lipinski definition) is 3. The summed E-state index contributed by atoms with van der Waals surface area (Å²) in [5.41, 5.74) is 0. The first kappa shape index (κ1) is 8.74. The van der Waals surface area contributed by atoms with E-state index in [1.807, 2.05) is 0 Å². The fourth-order valence-electron chi connectivity index (χ4n) is 0.634. The van der Waals surface area contributed by atoms with Crippen molar-refractivity contribution in [3.8, 4) is 0 Å². The van der Waals surface area contributed by atoms with Gasteiger partial charge in [0.05, 0.1) is 0 Å². The first-order chi connectivity index (χ1) is 4.30. The van der Waals surface area contributed by atoms with Crippen molar-refractivity contribution >= 4 is 18.7 Å². The van der Waals surface area contributed by atoms with Crippen LogP contribution in [-0.2, 0) is 4.79 Å². The lowest BCUT2D eigenvalue weighted by Crippen LogP contribution is -2.11. The van der Waals surface area contributed by atoms with E-state index in [2.05, 4.69) is 24.5 Å². The second-order valence-corrected chi connectivity index (χ2v) is 2.10. The molecule has 54 valence electrons. The first-order valence-electron chi connectivity index (χ1n) is 2.63. The maximum Gasteiger partial charge on any atom is 0.232 e. The minimum absolute atomic E-state index is 0.156. The zero-order valence-electron chi connectivity index (χ0n) is 5.08. The molecule has 0 bridgehead atoms. The minimum Gasteiger partial charge on any atom is -0.289 e. The summed E-state index contributed by atoms with van der Waals surface area (Å²) >= 11 is 3.87. The Bertz CT molecular complexity index is 97.8. The van der Waals surface area contributed by atoms with Crippen molar-refractivity contribution in [1.29, 1.82) is 0 Å². The van der Waals surface area contributed by atoms with Crippen LogP contribution in [0, 0.1) is 0 Å². The van der Waals surface area contributed by atoms with Crippen LogP contribution < -0.4 is 11.7 Å². The number of rotatable bonds is 0. The van der Waals surface area contributed by atoms with Crippen LogP contribution in [-0.4, -0.2) is 16.8 Å². The van der Waals surface area contributed by atoms with Gasteiger partial charge in [-0.3, -0.25) is 20.8 Å². The van der Waals surface area contributed by atoms with Crippen molar-refractivity contribution in [2.24, 2.45) is 11.7 Å². The molecule has 0 atom stereocenters. The highest BCUT2D eigenvalue weighted by atomic mass is 32.1. The van der Waals surface area contributed by atoms with Gasteiger partial charge in [0.1, 0.15) is 0 Å². The van der Waals surface area contributed by atoms with E-state index >= 15 is 0 Å². The van der Waals surface area contributed by atoms with E-state index in [1.165, 1.54) is 4.31 Å². The summed E-state index contributed by atoms with van der Waals surface area (Å²) in [6.45, 7) is 0.821. The summed E-state index contributed by atoms with van der Waals surface area (Å²) in [4.78, 5) is 10.4. The van der Waals surface area contributed by atoms with Crippen molar-refractivity contribution in [3.05, 3.63) is 0 Å². The molecule has 0 aliphatic carbocycles. The molecule has 0 unspecified atom stereocenters. The molecule has 0 radical (unpaired) electrons. The highest BCUT2D eigenvalue weighted by Crippen LogP contribution is 2.10. The van der Waals surface area contributed by atoms with Gasteiger partial charge >= 0.3 is 0 Å². The van der Waals surface area contributed by atoms with Crippen LogP contribution in [0.1, 0.15) is 12.8 Å². The first-order valence-corrected chi connectivity index (χ1v) is 3.03. The molecule has 1 rings (SSSR count). The number of amides is 1. The number of hydrazine groups is 1. The van der Waals surface area contributed by atoms with E-state index < -0.39 is 0 Å². The highest BCUT2D eigenvalue weighted by molar-refractivity contribution is 7.78. The molecule has 5 heteroatoms. The molecule has 1 amide bonds. The Morgan fingerprint density at radius 2 is 2.11 bits per heavy atom. The smallest absolute Gasteiger partial charge is 0.232 e. The maximum atomic E-state index is 10.4. The van der Waals surface area contributed by atoms with Gasteiger partial charge in [-0.1, -0.05) is 12.8 Å². The van der Waals surface area contributed by atoms with Gasteiger partial charge in [-0.15, -0.1) is 0 Å². The fraction of sp³-hybridized carbons (Fsp3) is 0.750. The Morgan fingerprint density at radius 1 is 1.56 bits per heavy atom. The molecule has 0 aromatic heterocycles. The molecule has 0 saturated carbocycles. The second kappa shape index (κ2) is 4.60. The summed E-state index contributed by atoms with van der Waals surface area (Å²) in [5.74, 6) is 8.16. The molecule has 0 spiro atoms. The van der Waals surface area contributed by atoms with Crippen LogP contribution in [0.2, 0.25) is 0 Å². The number of carbonyl (C=O) groups excluding carboxylic acids is 1. The van der Waals surface area contributed by atoms with Crippen LogP contribution >= 0.6 is 12.8 Å². The summed E-state index contributed by atoms with van der Waals surface area (Å²) < 4.78 is 1.46. The maximum absolute atomic E-state index is 10.4. The van der Waals surface area contributed by atoms with Gasteiger partial charge in [0, 0.05) is 13.0 Å². The van der Waals surface area contributed by atoms with Crippen molar-refractivity contribution in [2.45, 2.75) is 12.8 Å². The summed E-state index contributed by atoms with van der Waals surface area (Å²) in [6, 6.07) is 0. The van der Waals surface area contributed by atoms with Crippen LogP contribution in [0.5, 0.6) is 0 Å². The van der Waals surface area contributed by atoms with E-state index in [4.69, 9.17) is 0 Å². The predicted octanol–water partition coefficient (Wildman–Crippen LogP) is -0.728. The molecule has 1 aliphatic rings. The van der Waals surface area contributed by atoms with Crippen molar-refractivity contribution in [1.82, 2.24) is 4.31 Å². The fourth-order valence-corrected chi connectivity index (χ4v) is 0.875. The molecule has 1 saturated heterocycles. The third-order valence-electron chi connectivity index (χ3n) is 1.05. The zero-order valence-corrected chi connectivity index (χ0v) is 5.97. The Hall–Kier alpha value is -0.260. The van der Waals surface area contributed by atoms with Crippen LogP contribution in [0.3, 0.4) is 0 Å². The lowest BCUT2D eigenvalue weighted by molar-refractivity contribution is -0.123. The van der Waals surface area contributed by atoms with Gasteiger partial charge in [-0.2, -0.15) is 0 Å². The lowest BCUT2D eigenvalue weighted by Gasteiger charge is -2.01. The number of hydrogen-bond acceptors (Lipinski definition) is 4. The molecular weight excluding hydrogens is 138 g/mol. The quantitative estimate of drug-likeness (QED) is 0.241. The Kier molecular flexibility index (Phi) is 4.47. The van der Waals surface area contributed by atoms with Crippen molar-refractivity contribution in [3.63, 3.8) is 0 Å². The van der Waals surface area contributed by atoms with E-state index in [0.717, 1.165) is 13.0 Å². The predicted molar refractivity (Wildman–Crippen MR) is 38.3 cm³/mol. The zero-order chi connectivity index (χ0) is 7.28. The average Bonchev–Trinajstić information content (AvgIpc) is 2.23. The van der Waals surface area contributed by atoms with Crippen LogP contribution in [0.15, 0.2) is 0 Å². The number of thiol groups is 1. The van der Waals surface area contributed by atoms with Crippen molar-refractivity contribution < 1.29 is 4.79 Å². The third kappa shape index (κ3) is 2.69. The molecule has 1 fully saturated rings. The largest absolute Gasteiger partial charge is 0.289 e. The monoisotopic (exact) mass is 149 g/mol. The molecule has 0 aromatic rings. The van der Waals surface area contributed by atoms with E-state index in [1.54, 1.807) is 0 Å². The summed E-state index contributed by atoms with van der Waals surface area (Å²) in [5, 5.41) is 0. The van der Waals surface area contributed by atoms with Gasteiger partial charge in [0.2, 0.25) is 5.91 Å².